The minimum absolute atomic E-state index is 0.156. The molecule has 1 aliphatic rings. The molecule has 1 N–H and O–H groups in total. The summed E-state index contributed by atoms with van der Waals surface area (Å²) in [5.41, 5.74) is 1.65. The van der Waals surface area contributed by atoms with Crippen LogP contribution in [-0.2, 0) is 11.2 Å². The third-order valence-electron chi connectivity index (χ3n) is 5.12. The van der Waals surface area contributed by atoms with Gasteiger partial charge >= 0.3 is 0 Å². The van der Waals surface area contributed by atoms with Gasteiger partial charge in [-0.1, -0.05) is 30.3 Å². The van der Waals surface area contributed by atoms with Gasteiger partial charge in [-0.3, -0.25) is 9.59 Å². The lowest BCUT2D eigenvalue weighted by Crippen LogP contribution is -2.38. The number of aromatic nitrogens is 3. The maximum atomic E-state index is 12.5. The standard InChI is InChI=1S/C21H22N4O2S/c26-18-14-17(21-22-10-13-28-21)23-20(24-18)16-8-11-25(12-9-16)19(27)7-6-15-4-2-1-3-5-15/h1-5,10,13-14,16H,6-9,11-12H2,(H,23,24,26). The summed E-state index contributed by atoms with van der Waals surface area (Å²) in [6, 6.07) is 11.6. The van der Waals surface area contributed by atoms with Crippen LogP contribution < -0.4 is 5.56 Å². The molecule has 1 fully saturated rings. The predicted molar refractivity (Wildman–Crippen MR) is 109 cm³/mol. The van der Waals surface area contributed by atoms with Gasteiger partial charge in [0.25, 0.3) is 5.56 Å². The van der Waals surface area contributed by atoms with Gasteiger partial charge in [-0.15, -0.1) is 11.3 Å². The molecule has 0 spiro atoms. The average molecular weight is 395 g/mol. The first-order valence-corrected chi connectivity index (χ1v) is 10.4. The van der Waals surface area contributed by atoms with Crippen LogP contribution in [0, 0.1) is 0 Å². The van der Waals surface area contributed by atoms with Gasteiger partial charge in [0.05, 0.1) is 0 Å². The molecule has 0 unspecified atom stereocenters. The fourth-order valence-corrected chi connectivity index (χ4v) is 4.18. The Kier molecular flexibility index (Phi) is 5.62. The predicted octanol–water partition coefficient (Wildman–Crippen LogP) is 3.23. The third kappa shape index (κ3) is 4.36. The Morgan fingerprint density at radius 3 is 2.71 bits per heavy atom. The molecule has 0 atom stereocenters. The van der Waals surface area contributed by atoms with E-state index in [0.717, 1.165) is 24.3 Å². The summed E-state index contributed by atoms with van der Waals surface area (Å²) in [6.45, 7) is 1.40. The van der Waals surface area contributed by atoms with E-state index in [1.807, 2.05) is 28.5 Å². The first-order chi connectivity index (χ1) is 13.7. The SMILES string of the molecule is O=C(CCc1ccccc1)N1CCC(c2nc(-c3nccs3)cc(=O)[nH]2)CC1. The zero-order chi connectivity index (χ0) is 19.3. The van der Waals surface area contributed by atoms with E-state index in [9.17, 15) is 9.59 Å². The Morgan fingerprint density at radius 2 is 2.00 bits per heavy atom. The maximum absolute atomic E-state index is 12.5. The van der Waals surface area contributed by atoms with E-state index in [-0.39, 0.29) is 17.4 Å². The Balaban J connectivity index is 1.36. The highest BCUT2D eigenvalue weighted by atomic mass is 32.1. The second-order valence-electron chi connectivity index (χ2n) is 6.99. The van der Waals surface area contributed by atoms with Gasteiger partial charge in [0.1, 0.15) is 16.5 Å². The fourth-order valence-electron chi connectivity index (χ4n) is 3.59. The van der Waals surface area contributed by atoms with Crippen molar-refractivity contribution in [1.82, 2.24) is 19.9 Å². The van der Waals surface area contributed by atoms with E-state index in [1.54, 1.807) is 6.20 Å². The number of rotatable bonds is 5. The lowest BCUT2D eigenvalue weighted by Gasteiger charge is -2.31. The molecule has 3 heterocycles. The summed E-state index contributed by atoms with van der Waals surface area (Å²) >= 11 is 1.47. The molecule has 28 heavy (non-hydrogen) atoms. The molecule has 3 aromatic rings. The molecule has 144 valence electrons. The number of likely N-dealkylation sites (tertiary alicyclic amines) is 1. The molecule has 0 aliphatic carbocycles. The van der Waals surface area contributed by atoms with E-state index in [0.29, 0.717) is 31.0 Å². The van der Waals surface area contributed by atoms with Crippen LogP contribution >= 0.6 is 11.3 Å². The van der Waals surface area contributed by atoms with E-state index in [1.165, 1.54) is 23.0 Å². The van der Waals surface area contributed by atoms with Crippen molar-refractivity contribution < 1.29 is 4.79 Å². The minimum atomic E-state index is -0.156. The largest absolute Gasteiger partial charge is 0.343 e. The first kappa shape index (κ1) is 18.6. The van der Waals surface area contributed by atoms with Gasteiger partial charge in [-0.25, -0.2) is 9.97 Å². The highest BCUT2D eigenvalue weighted by molar-refractivity contribution is 7.13. The first-order valence-electron chi connectivity index (χ1n) is 9.52. The molecule has 1 saturated heterocycles. The molecule has 4 rings (SSSR count). The van der Waals surface area contributed by atoms with Crippen molar-refractivity contribution in [1.29, 1.82) is 0 Å². The molecule has 1 amide bonds. The van der Waals surface area contributed by atoms with Gasteiger partial charge < -0.3 is 9.88 Å². The topological polar surface area (TPSA) is 79.0 Å². The van der Waals surface area contributed by atoms with E-state index in [4.69, 9.17) is 0 Å². The summed E-state index contributed by atoms with van der Waals surface area (Å²) < 4.78 is 0. The highest BCUT2D eigenvalue weighted by Gasteiger charge is 2.25. The highest BCUT2D eigenvalue weighted by Crippen LogP contribution is 2.27. The van der Waals surface area contributed by atoms with E-state index < -0.39 is 0 Å². The number of carbonyl (C=O) groups is 1. The lowest BCUT2D eigenvalue weighted by molar-refractivity contribution is -0.132. The van der Waals surface area contributed by atoms with Crippen LogP contribution in [0.3, 0.4) is 0 Å². The number of hydrogen-bond donors (Lipinski definition) is 1. The van der Waals surface area contributed by atoms with Crippen molar-refractivity contribution in [2.24, 2.45) is 0 Å². The summed E-state index contributed by atoms with van der Waals surface area (Å²) in [6.07, 6.45) is 4.62. The lowest BCUT2D eigenvalue weighted by atomic mass is 9.95. The van der Waals surface area contributed by atoms with Crippen LogP contribution in [0.2, 0.25) is 0 Å². The minimum Gasteiger partial charge on any atom is -0.343 e. The van der Waals surface area contributed by atoms with Gasteiger partial charge in [0.15, 0.2) is 0 Å². The third-order valence-corrected chi connectivity index (χ3v) is 5.91. The number of carbonyl (C=O) groups excluding carboxylic acids is 1. The van der Waals surface area contributed by atoms with Gasteiger partial charge in [-0.05, 0) is 24.8 Å². The Hall–Kier alpha value is -2.80. The molecular weight excluding hydrogens is 372 g/mol. The molecule has 1 aliphatic heterocycles. The number of aromatic amines is 1. The molecule has 2 aromatic heterocycles. The van der Waals surface area contributed by atoms with Crippen LogP contribution in [0.5, 0.6) is 0 Å². The fraction of sp³-hybridized carbons (Fsp3) is 0.333. The smallest absolute Gasteiger partial charge is 0.251 e. The number of aryl methyl sites for hydroxylation is 1. The number of H-pyrrole nitrogens is 1. The van der Waals surface area contributed by atoms with Crippen molar-refractivity contribution in [3.05, 3.63) is 69.7 Å². The van der Waals surface area contributed by atoms with Crippen LogP contribution in [0.1, 0.15) is 36.6 Å². The van der Waals surface area contributed by atoms with Gasteiger partial charge in [0, 0.05) is 43.1 Å². The zero-order valence-corrected chi connectivity index (χ0v) is 16.3. The normalized spacial score (nSPS) is 14.9. The molecule has 7 heteroatoms. The summed E-state index contributed by atoms with van der Waals surface area (Å²) in [5, 5.41) is 2.62. The van der Waals surface area contributed by atoms with Crippen molar-refractivity contribution in [3.63, 3.8) is 0 Å². The summed E-state index contributed by atoms with van der Waals surface area (Å²) in [4.78, 5) is 38.3. The van der Waals surface area contributed by atoms with Crippen LogP contribution in [0.4, 0.5) is 0 Å². The van der Waals surface area contributed by atoms with E-state index in [2.05, 4.69) is 27.1 Å². The van der Waals surface area contributed by atoms with Crippen molar-refractivity contribution >= 4 is 17.2 Å². The number of nitrogens with one attached hydrogen (secondary N) is 1. The van der Waals surface area contributed by atoms with Crippen molar-refractivity contribution in [2.75, 3.05) is 13.1 Å². The summed E-state index contributed by atoms with van der Waals surface area (Å²) in [5.74, 6) is 1.06. The second kappa shape index (κ2) is 8.48. The molecule has 0 bridgehead atoms. The van der Waals surface area contributed by atoms with Crippen molar-refractivity contribution in [3.8, 4) is 10.7 Å². The average Bonchev–Trinajstić information content (AvgIpc) is 3.27. The molecule has 0 radical (unpaired) electrons. The van der Waals surface area contributed by atoms with Crippen LogP contribution in [0.25, 0.3) is 10.7 Å². The molecular formula is C21H22N4O2S. The number of thiazole rings is 1. The molecule has 6 nitrogen and oxygen atoms in total. The van der Waals surface area contributed by atoms with Gasteiger partial charge in [0.2, 0.25) is 5.91 Å². The number of amides is 1. The quantitative estimate of drug-likeness (QED) is 0.721. The number of hydrogen-bond acceptors (Lipinski definition) is 5. The Labute approximate surface area is 167 Å². The molecule has 0 saturated carbocycles. The Morgan fingerprint density at radius 1 is 1.21 bits per heavy atom. The van der Waals surface area contributed by atoms with Gasteiger partial charge in [-0.2, -0.15) is 0 Å². The molecule has 1 aromatic carbocycles. The second-order valence-corrected chi connectivity index (χ2v) is 7.89. The number of nitrogens with zero attached hydrogens (tertiary/aromatic N) is 3. The zero-order valence-electron chi connectivity index (χ0n) is 15.5. The van der Waals surface area contributed by atoms with Crippen LogP contribution in [0.15, 0.2) is 52.8 Å². The van der Waals surface area contributed by atoms with E-state index >= 15 is 0 Å². The number of piperidine rings is 1. The number of benzene rings is 1. The van der Waals surface area contributed by atoms with Crippen molar-refractivity contribution in [2.45, 2.75) is 31.6 Å². The summed E-state index contributed by atoms with van der Waals surface area (Å²) in [7, 11) is 0. The monoisotopic (exact) mass is 394 g/mol. The maximum Gasteiger partial charge on any atom is 0.251 e. The van der Waals surface area contributed by atoms with Crippen LogP contribution in [-0.4, -0.2) is 38.8 Å². The Bertz CT molecular complexity index is 977.